The summed E-state index contributed by atoms with van der Waals surface area (Å²) in [6.07, 6.45) is 3.91. The third-order valence-corrected chi connectivity index (χ3v) is 8.96. The van der Waals surface area contributed by atoms with Gasteiger partial charge in [0.25, 0.3) is 15.9 Å². The fourth-order valence-corrected chi connectivity index (χ4v) is 6.71. The molecule has 1 amide bonds. The summed E-state index contributed by atoms with van der Waals surface area (Å²) in [6, 6.07) is 17.3. The minimum Gasteiger partial charge on any atom is -0.466 e. The Morgan fingerprint density at radius 3 is 2.64 bits per heavy atom. The predicted molar refractivity (Wildman–Crippen MR) is 161 cm³/mol. The monoisotopic (exact) mass is 583 g/mol. The first kappa shape index (κ1) is 27.5. The molecule has 0 bridgehead atoms. The lowest BCUT2D eigenvalue weighted by atomic mass is 9.91. The average molecular weight is 584 g/mol. The summed E-state index contributed by atoms with van der Waals surface area (Å²) in [4.78, 5) is 41.5. The molecular weight excluding hydrogens is 554 g/mol. The number of fused-ring (bicyclic) bond motifs is 3. The number of benzene rings is 3. The number of aromatic amines is 1. The quantitative estimate of drug-likeness (QED) is 0.186. The van der Waals surface area contributed by atoms with Crippen molar-refractivity contribution in [3.63, 3.8) is 0 Å². The molecule has 6 rings (SSSR count). The molecule has 3 aromatic carbocycles. The van der Waals surface area contributed by atoms with E-state index in [0.29, 0.717) is 52.2 Å². The molecule has 10 heteroatoms. The van der Waals surface area contributed by atoms with Crippen molar-refractivity contribution in [1.82, 2.24) is 4.98 Å². The van der Waals surface area contributed by atoms with Crippen LogP contribution in [0.5, 0.6) is 0 Å². The van der Waals surface area contributed by atoms with E-state index in [4.69, 9.17) is 4.74 Å². The van der Waals surface area contributed by atoms with Gasteiger partial charge in [0, 0.05) is 46.7 Å². The Morgan fingerprint density at radius 1 is 1.02 bits per heavy atom. The smallest absolute Gasteiger partial charge is 0.306 e. The first-order valence-electron chi connectivity index (χ1n) is 13.8. The summed E-state index contributed by atoms with van der Waals surface area (Å²) >= 11 is 0. The van der Waals surface area contributed by atoms with Crippen LogP contribution in [0.4, 0.5) is 11.4 Å². The van der Waals surface area contributed by atoms with Crippen LogP contribution in [0.3, 0.4) is 0 Å². The zero-order valence-corrected chi connectivity index (χ0v) is 23.8. The molecular formula is C32H29N3O6S. The van der Waals surface area contributed by atoms with E-state index in [0.717, 1.165) is 22.9 Å². The first-order chi connectivity index (χ1) is 20.2. The molecule has 0 saturated heterocycles. The van der Waals surface area contributed by atoms with E-state index in [1.54, 1.807) is 49.4 Å². The number of carbonyl (C=O) groups excluding carboxylic acids is 3. The van der Waals surface area contributed by atoms with Crippen LogP contribution in [0, 0.1) is 0 Å². The van der Waals surface area contributed by atoms with Gasteiger partial charge in [0.1, 0.15) is 0 Å². The fourth-order valence-electron chi connectivity index (χ4n) is 5.62. The molecule has 0 saturated carbocycles. The second-order valence-electron chi connectivity index (χ2n) is 10.3. The molecule has 0 unspecified atom stereocenters. The van der Waals surface area contributed by atoms with Crippen molar-refractivity contribution in [1.29, 1.82) is 0 Å². The maximum absolute atomic E-state index is 13.3. The summed E-state index contributed by atoms with van der Waals surface area (Å²) in [6.45, 7) is 2.01. The molecule has 0 atom stereocenters. The number of aryl methyl sites for hydroxylation is 1. The molecule has 2 aliphatic rings. The van der Waals surface area contributed by atoms with Crippen LogP contribution in [-0.2, 0) is 37.2 Å². The van der Waals surface area contributed by atoms with Crippen LogP contribution in [0.2, 0.25) is 0 Å². The number of nitrogens with one attached hydrogen (secondary N) is 3. The molecule has 2 heterocycles. The van der Waals surface area contributed by atoms with Crippen LogP contribution in [0.25, 0.3) is 22.4 Å². The Hall–Kier alpha value is -4.70. The molecule has 214 valence electrons. The third-order valence-electron chi connectivity index (χ3n) is 7.58. The molecule has 1 aromatic heterocycles. The zero-order chi connectivity index (χ0) is 29.4. The standard InChI is InChI=1S/C32H29N3O6S/c1-2-41-30(37)15-13-23-28(33-27-8-5-9-29(36)31(23)27)18-25-24-17-21(11-14-26(24)34-32(25)38)35-42(39,40)22-12-10-19-6-3-4-7-20(19)16-22/h3-4,6-7,10-12,14,16-18,33,35H,2,5,8-9,13,15H2,1H3,(H,34,38)/b25-18-. The van der Waals surface area contributed by atoms with Crippen molar-refractivity contribution >= 4 is 61.5 Å². The second kappa shape index (κ2) is 10.9. The van der Waals surface area contributed by atoms with E-state index >= 15 is 0 Å². The molecule has 42 heavy (non-hydrogen) atoms. The van der Waals surface area contributed by atoms with E-state index in [-0.39, 0.29) is 42.0 Å². The molecule has 1 aliphatic heterocycles. The first-order valence-corrected chi connectivity index (χ1v) is 15.3. The van der Waals surface area contributed by atoms with Crippen molar-refractivity contribution in [2.45, 2.75) is 43.9 Å². The molecule has 3 N–H and O–H groups in total. The molecule has 1 aliphatic carbocycles. The van der Waals surface area contributed by atoms with Crippen LogP contribution < -0.4 is 10.0 Å². The lowest BCUT2D eigenvalue weighted by Gasteiger charge is -2.11. The Kier molecular flexibility index (Phi) is 7.16. The Balaban J connectivity index is 1.34. The zero-order valence-electron chi connectivity index (χ0n) is 23.0. The number of Topliss-reactive ketones (excluding diaryl/α,β-unsaturated/α-hetero) is 1. The number of anilines is 2. The number of rotatable bonds is 8. The summed E-state index contributed by atoms with van der Waals surface area (Å²) in [5.74, 6) is -0.700. The number of amides is 1. The fraction of sp³-hybridized carbons (Fsp3) is 0.219. The highest BCUT2D eigenvalue weighted by atomic mass is 32.2. The minimum atomic E-state index is -3.91. The van der Waals surface area contributed by atoms with Gasteiger partial charge in [0.05, 0.1) is 17.1 Å². The number of hydrogen-bond acceptors (Lipinski definition) is 6. The third kappa shape index (κ3) is 5.21. The second-order valence-corrected chi connectivity index (χ2v) is 12.0. The van der Waals surface area contributed by atoms with Gasteiger partial charge in [-0.3, -0.25) is 19.1 Å². The molecule has 4 aromatic rings. The van der Waals surface area contributed by atoms with E-state index < -0.39 is 10.0 Å². The Morgan fingerprint density at radius 2 is 1.83 bits per heavy atom. The number of carbonyl (C=O) groups is 3. The average Bonchev–Trinajstić information content (AvgIpc) is 3.48. The van der Waals surface area contributed by atoms with E-state index in [1.807, 2.05) is 24.3 Å². The van der Waals surface area contributed by atoms with Gasteiger partial charge in [-0.25, -0.2) is 8.42 Å². The van der Waals surface area contributed by atoms with E-state index in [9.17, 15) is 22.8 Å². The lowest BCUT2D eigenvalue weighted by molar-refractivity contribution is -0.143. The normalized spacial score (nSPS) is 15.4. The highest BCUT2D eigenvalue weighted by Crippen LogP contribution is 2.37. The number of ketones is 1. The van der Waals surface area contributed by atoms with Gasteiger partial charge in [0.15, 0.2) is 5.78 Å². The SMILES string of the molecule is CCOC(=O)CCc1c(/C=C2\C(=O)Nc3ccc(NS(=O)(=O)c4ccc5ccccc5c4)cc32)[nH]c2c1C(=O)CCC2. The Labute approximate surface area is 243 Å². The summed E-state index contributed by atoms with van der Waals surface area (Å²) in [5, 5.41) is 4.57. The van der Waals surface area contributed by atoms with Gasteiger partial charge in [-0.15, -0.1) is 0 Å². The molecule has 0 fully saturated rings. The van der Waals surface area contributed by atoms with Gasteiger partial charge in [0.2, 0.25) is 0 Å². The number of esters is 1. The van der Waals surface area contributed by atoms with Crippen LogP contribution >= 0.6 is 0 Å². The number of sulfonamides is 1. The number of aromatic nitrogens is 1. The Bertz CT molecular complexity index is 1900. The summed E-state index contributed by atoms with van der Waals surface area (Å²) in [7, 11) is -3.91. The highest BCUT2D eigenvalue weighted by molar-refractivity contribution is 7.92. The largest absolute Gasteiger partial charge is 0.466 e. The number of hydrogen-bond donors (Lipinski definition) is 3. The maximum atomic E-state index is 13.3. The van der Waals surface area contributed by atoms with Gasteiger partial charge < -0.3 is 15.0 Å². The van der Waals surface area contributed by atoms with Crippen molar-refractivity contribution in [2.24, 2.45) is 0 Å². The van der Waals surface area contributed by atoms with Crippen LogP contribution in [-0.4, -0.2) is 37.7 Å². The van der Waals surface area contributed by atoms with Crippen molar-refractivity contribution in [2.75, 3.05) is 16.6 Å². The summed E-state index contributed by atoms with van der Waals surface area (Å²) < 4.78 is 34.2. The van der Waals surface area contributed by atoms with Crippen molar-refractivity contribution < 1.29 is 27.5 Å². The lowest BCUT2D eigenvalue weighted by Crippen LogP contribution is -2.13. The molecule has 9 nitrogen and oxygen atoms in total. The van der Waals surface area contributed by atoms with Gasteiger partial charge in [-0.1, -0.05) is 30.3 Å². The minimum absolute atomic E-state index is 0.0117. The summed E-state index contributed by atoms with van der Waals surface area (Å²) in [5.41, 5.74) is 4.34. The van der Waals surface area contributed by atoms with Crippen molar-refractivity contribution in [3.05, 3.63) is 88.7 Å². The van der Waals surface area contributed by atoms with Crippen LogP contribution in [0.1, 0.15) is 59.1 Å². The van der Waals surface area contributed by atoms with Gasteiger partial charge >= 0.3 is 5.97 Å². The molecule has 0 spiro atoms. The van der Waals surface area contributed by atoms with Gasteiger partial charge in [-0.2, -0.15) is 0 Å². The van der Waals surface area contributed by atoms with Gasteiger partial charge in [-0.05, 0) is 78.9 Å². The number of ether oxygens (including phenoxy) is 1. The topological polar surface area (TPSA) is 134 Å². The molecule has 0 radical (unpaired) electrons. The maximum Gasteiger partial charge on any atom is 0.306 e. The van der Waals surface area contributed by atoms with E-state index in [1.165, 1.54) is 0 Å². The predicted octanol–water partition coefficient (Wildman–Crippen LogP) is 5.48. The van der Waals surface area contributed by atoms with E-state index in [2.05, 4.69) is 15.0 Å². The van der Waals surface area contributed by atoms with Crippen molar-refractivity contribution in [3.8, 4) is 0 Å². The number of H-pyrrole nitrogens is 1. The highest BCUT2D eigenvalue weighted by Gasteiger charge is 2.29. The van der Waals surface area contributed by atoms with Crippen LogP contribution in [0.15, 0.2) is 65.6 Å².